The predicted molar refractivity (Wildman–Crippen MR) is 182 cm³/mol. The third-order valence-electron chi connectivity index (χ3n) is 9.63. The minimum atomic E-state index is -3.84. The summed E-state index contributed by atoms with van der Waals surface area (Å²) < 4.78 is 52.5. The van der Waals surface area contributed by atoms with E-state index in [1.807, 2.05) is 0 Å². The number of hydrogen-bond acceptors (Lipinski definition) is 10. The molecule has 1 aromatic rings. The molecule has 5 rings (SSSR count). The lowest BCUT2D eigenvalue weighted by Crippen LogP contribution is -2.57. The number of rotatable bonds is 12. The van der Waals surface area contributed by atoms with E-state index in [0.717, 1.165) is 11.0 Å². The summed E-state index contributed by atoms with van der Waals surface area (Å²) in [5.41, 5.74) is -1.15. The molecule has 3 fully saturated rings. The lowest BCUT2D eigenvalue weighted by Gasteiger charge is -2.29. The van der Waals surface area contributed by atoms with Crippen LogP contribution in [0, 0.1) is 11.2 Å². The fourth-order valence-corrected chi connectivity index (χ4v) is 7.87. The Balaban J connectivity index is 1.34. The van der Waals surface area contributed by atoms with Crippen LogP contribution in [0.25, 0.3) is 0 Å². The van der Waals surface area contributed by atoms with Crippen molar-refractivity contribution in [3.05, 3.63) is 47.8 Å². The molecule has 4 aliphatic rings. The zero-order chi connectivity index (χ0) is 38.2. The molecule has 0 bridgehead atoms. The maximum atomic E-state index is 14.4. The van der Waals surface area contributed by atoms with Gasteiger partial charge in [0.25, 0.3) is 0 Å². The quantitative estimate of drug-likeness (QED) is 0.226. The van der Waals surface area contributed by atoms with Gasteiger partial charge in [-0.1, -0.05) is 25.6 Å². The van der Waals surface area contributed by atoms with Crippen molar-refractivity contribution in [1.82, 2.24) is 30.5 Å². The molecule has 5 atom stereocenters. The Labute approximate surface area is 301 Å². The molecule has 0 aromatic heterocycles. The largest absolute Gasteiger partial charge is 0.444 e. The molecule has 1 aromatic carbocycles. The molecule has 2 aliphatic carbocycles. The second kappa shape index (κ2) is 14.7. The number of sulfonamides is 1. The predicted octanol–water partition coefficient (Wildman–Crippen LogP) is 1.34. The van der Waals surface area contributed by atoms with Gasteiger partial charge in [-0.25, -0.2) is 22.4 Å². The van der Waals surface area contributed by atoms with Crippen LogP contribution in [0.4, 0.5) is 14.0 Å². The molecular formula is C34H45FN6O10S. The van der Waals surface area contributed by atoms with Gasteiger partial charge in [-0.3, -0.25) is 28.8 Å². The van der Waals surface area contributed by atoms with E-state index in [0.29, 0.717) is 24.0 Å². The number of ether oxygens (including phenoxy) is 2. The van der Waals surface area contributed by atoms with Crippen LogP contribution in [0.15, 0.2) is 30.9 Å². The standard InChI is InChI=1S/C34H45FN6O10S/c1-6-27(42)36-15-24(37-31(46)51-33(3,4)5)29(44)41-17-20(50-32(47)40-16-19-9-8-10-23(35)22(19)18-40)13-25(41)28(43)38-26-14-34(26,7-2)30(45)39-52(48,49)21-11-12-21/h6,8-10,20-21,24-26H,1,7,11-18H2,2-5H3,(H,36,42)(H,37,46)(H,38,43)(H,39,45)/t20-,24+,25+,26-,34-/m1/s1. The highest BCUT2D eigenvalue weighted by atomic mass is 32.2. The van der Waals surface area contributed by atoms with Crippen molar-refractivity contribution in [3.8, 4) is 0 Å². The van der Waals surface area contributed by atoms with Gasteiger partial charge >= 0.3 is 12.2 Å². The fraction of sp³-hybridized carbons (Fsp3) is 0.588. The number of nitrogens with zero attached hydrogens (tertiary/aromatic N) is 2. The molecule has 2 aliphatic heterocycles. The average molecular weight is 749 g/mol. The third-order valence-corrected chi connectivity index (χ3v) is 11.4. The molecule has 2 heterocycles. The van der Waals surface area contributed by atoms with Gasteiger partial charge in [-0.2, -0.15) is 0 Å². The average Bonchev–Trinajstić information content (AvgIpc) is 3.96. The molecule has 0 unspecified atom stereocenters. The summed E-state index contributed by atoms with van der Waals surface area (Å²) in [6, 6.07) is 1.06. The van der Waals surface area contributed by atoms with E-state index in [9.17, 15) is 41.6 Å². The first-order valence-corrected chi connectivity index (χ1v) is 18.7. The second-order valence-corrected chi connectivity index (χ2v) is 16.5. The van der Waals surface area contributed by atoms with Gasteiger partial charge in [0.2, 0.25) is 33.7 Å². The molecular weight excluding hydrogens is 703 g/mol. The smallest absolute Gasteiger partial charge is 0.410 e. The zero-order valence-corrected chi connectivity index (χ0v) is 30.3. The number of likely N-dealkylation sites (tertiary alicyclic amines) is 1. The normalized spacial score (nSPS) is 24.2. The number of nitrogens with one attached hydrogen (secondary N) is 4. The van der Waals surface area contributed by atoms with E-state index in [-0.39, 0.29) is 38.9 Å². The first-order valence-electron chi connectivity index (χ1n) is 17.2. The van der Waals surface area contributed by atoms with Gasteiger partial charge in [0, 0.05) is 31.1 Å². The highest BCUT2D eigenvalue weighted by molar-refractivity contribution is 7.90. The van der Waals surface area contributed by atoms with Crippen LogP contribution >= 0.6 is 0 Å². The van der Waals surface area contributed by atoms with Crippen LogP contribution in [-0.2, 0) is 51.8 Å². The number of hydrogen-bond donors (Lipinski definition) is 4. The van der Waals surface area contributed by atoms with E-state index in [1.165, 1.54) is 17.0 Å². The van der Waals surface area contributed by atoms with Gasteiger partial charge in [-0.05, 0) is 64.2 Å². The van der Waals surface area contributed by atoms with Crippen LogP contribution in [0.3, 0.4) is 0 Å². The lowest BCUT2D eigenvalue weighted by molar-refractivity contribution is -0.140. The molecule has 18 heteroatoms. The van der Waals surface area contributed by atoms with Crippen molar-refractivity contribution >= 4 is 45.8 Å². The Kier molecular flexibility index (Phi) is 10.9. The lowest BCUT2D eigenvalue weighted by atomic mass is 10.0. The van der Waals surface area contributed by atoms with E-state index in [1.54, 1.807) is 33.8 Å². The number of benzene rings is 1. The molecule has 284 valence electrons. The maximum Gasteiger partial charge on any atom is 0.410 e. The Hall–Kier alpha value is -4.74. The van der Waals surface area contributed by atoms with Gasteiger partial charge in [0.05, 0.1) is 23.8 Å². The fourth-order valence-electron chi connectivity index (χ4n) is 6.48. The van der Waals surface area contributed by atoms with Crippen molar-refractivity contribution in [2.45, 2.75) is 108 Å². The Morgan fingerprint density at radius 3 is 2.46 bits per heavy atom. The Morgan fingerprint density at radius 1 is 1.13 bits per heavy atom. The number of carbonyl (C=O) groups excluding carboxylic acids is 6. The van der Waals surface area contributed by atoms with Crippen molar-refractivity contribution in [1.29, 1.82) is 0 Å². The van der Waals surface area contributed by atoms with Crippen molar-refractivity contribution in [3.63, 3.8) is 0 Å². The van der Waals surface area contributed by atoms with Crippen LogP contribution in [0.1, 0.15) is 70.9 Å². The van der Waals surface area contributed by atoms with E-state index >= 15 is 0 Å². The summed E-state index contributed by atoms with van der Waals surface area (Å²) >= 11 is 0. The Bertz CT molecular complexity index is 1760. The van der Waals surface area contributed by atoms with Crippen LogP contribution < -0.4 is 20.7 Å². The third kappa shape index (κ3) is 8.65. The summed E-state index contributed by atoms with van der Waals surface area (Å²) in [5, 5.41) is 7.04. The van der Waals surface area contributed by atoms with Gasteiger partial charge in [-0.15, -0.1) is 0 Å². The minimum absolute atomic E-state index is 0.0374. The van der Waals surface area contributed by atoms with Gasteiger partial charge in [0.15, 0.2) is 0 Å². The highest BCUT2D eigenvalue weighted by Gasteiger charge is 2.61. The summed E-state index contributed by atoms with van der Waals surface area (Å²) in [7, 11) is -3.84. The summed E-state index contributed by atoms with van der Waals surface area (Å²) in [6.45, 7) is 9.29. The Morgan fingerprint density at radius 2 is 1.85 bits per heavy atom. The van der Waals surface area contributed by atoms with Crippen molar-refractivity contribution in [2.75, 3.05) is 13.1 Å². The molecule has 1 saturated heterocycles. The monoisotopic (exact) mass is 748 g/mol. The molecule has 0 spiro atoms. The number of carbonyl (C=O) groups is 6. The number of fused-ring (bicyclic) bond motifs is 1. The maximum absolute atomic E-state index is 14.4. The molecule has 6 amide bonds. The van der Waals surface area contributed by atoms with Crippen LogP contribution in [-0.4, -0.2) is 102 Å². The van der Waals surface area contributed by atoms with Crippen molar-refractivity contribution < 1.29 is 51.0 Å². The van der Waals surface area contributed by atoms with Gasteiger partial charge in [0.1, 0.15) is 29.6 Å². The highest BCUT2D eigenvalue weighted by Crippen LogP contribution is 2.50. The number of halogens is 1. The topological polar surface area (TPSA) is 210 Å². The molecule has 16 nitrogen and oxygen atoms in total. The molecule has 2 saturated carbocycles. The number of alkyl carbamates (subject to hydrolysis) is 1. The van der Waals surface area contributed by atoms with Gasteiger partial charge < -0.3 is 30.3 Å². The SMILES string of the molecule is C=CC(=O)NC[C@H](NC(=O)OC(C)(C)C)C(=O)N1C[C@H](OC(=O)N2Cc3cccc(F)c3C2)C[C@H]1C(=O)N[C@@H]1C[C@@]1(CC)C(=O)NS(=O)(=O)C1CC1. The van der Waals surface area contributed by atoms with E-state index in [2.05, 4.69) is 27.3 Å². The number of amides is 6. The zero-order valence-electron chi connectivity index (χ0n) is 29.5. The summed E-state index contributed by atoms with van der Waals surface area (Å²) in [5.74, 6) is -3.33. The van der Waals surface area contributed by atoms with E-state index in [4.69, 9.17) is 9.47 Å². The summed E-state index contributed by atoms with van der Waals surface area (Å²) in [6.07, 6.45) is -0.691. The first kappa shape index (κ1) is 38.5. The minimum Gasteiger partial charge on any atom is -0.444 e. The van der Waals surface area contributed by atoms with Crippen LogP contribution in [0.2, 0.25) is 0 Å². The second-order valence-electron chi connectivity index (χ2n) is 14.6. The van der Waals surface area contributed by atoms with E-state index < -0.39 is 98.7 Å². The molecule has 4 N–H and O–H groups in total. The first-order chi connectivity index (χ1) is 24.4. The molecule has 52 heavy (non-hydrogen) atoms. The summed E-state index contributed by atoms with van der Waals surface area (Å²) in [4.78, 5) is 81.7. The molecule has 0 radical (unpaired) electrons. The van der Waals surface area contributed by atoms with Crippen LogP contribution in [0.5, 0.6) is 0 Å². The van der Waals surface area contributed by atoms with Crippen molar-refractivity contribution in [2.24, 2.45) is 5.41 Å².